The zero-order chi connectivity index (χ0) is 9.31. The standard InChI is InChI=1S/C9H10O3S/c10-13(11)7-6-9(12-13)8-4-2-1-3-5-8/h1-5,9H,6-7H2. The summed E-state index contributed by atoms with van der Waals surface area (Å²) < 4.78 is 26.9. The Morgan fingerprint density at radius 2 is 1.92 bits per heavy atom. The highest BCUT2D eigenvalue weighted by molar-refractivity contribution is 7.86. The van der Waals surface area contributed by atoms with E-state index in [2.05, 4.69) is 0 Å². The summed E-state index contributed by atoms with van der Waals surface area (Å²) in [7, 11) is -3.24. The smallest absolute Gasteiger partial charge is 0.262 e. The third-order valence-corrected chi connectivity index (χ3v) is 3.33. The number of benzene rings is 1. The molecule has 1 aromatic rings. The van der Waals surface area contributed by atoms with E-state index < -0.39 is 10.1 Å². The normalized spacial score (nSPS) is 26.0. The van der Waals surface area contributed by atoms with Crippen LogP contribution in [0.5, 0.6) is 0 Å². The minimum absolute atomic E-state index is 0.132. The molecule has 1 unspecified atom stereocenters. The maximum Gasteiger partial charge on any atom is 0.268 e. The Labute approximate surface area is 77.5 Å². The summed E-state index contributed by atoms with van der Waals surface area (Å²) >= 11 is 0. The molecule has 1 aliphatic rings. The first kappa shape index (κ1) is 8.72. The molecule has 1 heterocycles. The van der Waals surface area contributed by atoms with Crippen LogP contribution in [0.4, 0.5) is 0 Å². The van der Waals surface area contributed by atoms with Crippen molar-refractivity contribution in [3.8, 4) is 0 Å². The zero-order valence-electron chi connectivity index (χ0n) is 7.01. The molecule has 0 bridgehead atoms. The molecule has 70 valence electrons. The van der Waals surface area contributed by atoms with Crippen LogP contribution in [0.2, 0.25) is 0 Å². The lowest BCUT2D eigenvalue weighted by Gasteiger charge is -2.06. The predicted molar refractivity (Wildman–Crippen MR) is 48.7 cm³/mol. The lowest BCUT2D eigenvalue weighted by Crippen LogP contribution is -2.00. The van der Waals surface area contributed by atoms with Gasteiger partial charge >= 0.3 is 0 Å². The van der Waals surface area contributed by atoms with Gasteiger partial charge in [-0.2, -0.15) is 8.42 Å². The summed E-state index contributed by atoms with van der Waals surface area (Å²) in [5.41, 5.74) is 0.934. The van der Waals surface area contributed by atoms with Crippen LogP contribution in [-0.4, -0.2) is 14.2 Å². The van der Waals surface area contributed by atoms with E-state index in [-0.39, 0.29) is 11.9 Å². The maximum atomic E-state index is 11.0. The topological polar surface area (TPSA) is 43.4 Å². The van der Waals surface area contributed by atoms with Gasteiger partial charge in [-0.25, -0.2) is 0 Å². The van der Waals surface area contributed by atoms with E-state index >= 15 is 0 Å². The average Bonchev–Trinajstić information content (AvgIpc) is 2.48. The lowest BCUT2D eigenvalue weighted by atomic mass is 10.1. The van der Waals surface area contributed by atoms with Gasteiger partial charge in [-0.3, -0.25) is 4.18 Å². The molecule has 0 radical (unpaired) electrons. The third-order valence-electron chi connectivity index (χ3n) is 2.06. The highest BCUT2D eigenvalue weighted by Gasteiger charge is 2.29. The van der Waals surface area contributed by atoms with E-state index in [1.807, 2.05) is 30.3 Å². The van der Waals surface area contributed by atoms with Gasteiger partial charge in [0.15, 0.2) is 0 Å². The van der Waals surface area contributed by atoms with Crippen molar-refractivity contribution < 1.29 is 12.6 Å². The van der Waals surface area contributed by atoms with Crippen molar-refractivity contribution in [2.75, 3.05) is 5.75 Å². The predicted octanol–water partition coefficient (Wildman–Crippen LogP) is 1.48. The highest BCUT2D eigenvalue weighted by Crippen LogP contribution is 2.29. The first-order valence-electron chi connectivity index (χ1n) is 4.13. The van der Waals surface area contributed by atoms with E-state index in [1.165, 1.54) is 0 Å². The van der Waals surface area contributed by atoms with Gasteiger partial charge in [0, 0.05) is 0 Å². The largest absolute Gasteiger partial charge is 0.268 e. The van der Waals surface area contributed by atoms with Gasteiger partial charge in [0.1, 0.15) is 6.10 Å². The molecular formula is C9H10O3S. The Balaban J connectivity index is 2.22. The number of rotatable bonds is 1. The SMILES string of the molecule is O=S1(=O)CCC(c2ccccc2)O1. The van der Waals surface area contributed by atoms with Crippen LogP contribution in [0, 0.1) is 0 Å². The second-order valence-corrected chi connectivity index (χ2v) is 4.76. The van der Waals surface area contributed by atoms with Crippen LogP contribution in [0.25, 0.3) is 0 Å². The van der Waals surface area contributed by atoms with Crippen LogP contribution >= 0.6 is 0 Å². The van der Waals surface area contributed by atoms with Crippen LogP contribution in [0.3, 0.4) is 0 Å². The van der Waals surface area contributed by atoms with Crippen molar-refractivity contribution in [1.29, 1.82) is 0 Å². The number of hydrogen-bond acceptors (Lipinski definition) is 3. The van der Waals surface area contributed by atoms with Crippen LogP contribution < -0.4 is 0 Å². The molecule has 4 heteroatoms. The highest BCUT2D eigenvalue weighted by atomic mass is 32.2. The van der Waals surface area contributed by atoms with Crippen molar-refractivity contribution >= 4 is 10.1 Å². The summed E-state index contributed by atoms with van der Waals surface area (Å²) in [6, 6.07) is 9.41. The minimum Gasteiger partial charge on any atom is -0.262 e. The molecule has 1 fully saturated rings. The van der Waals surface area contributed by atoms with E-state index in [0.29, 0.717) is 6.42 Å². The molecular weight excluding hydrogens is 188 g/mol. The first-order valence-corrected chi connectivity index (χ1v) is 5.71. The molecule has 0 amide bonds. The molecule has 0 N–H and O–H groups in total. The Morgan fingerprint density at radius 1 is 1.23 bits per heavy atom. The van der Waals surface area contributed by atoms with Crippen molar-refractivity contribution in [3.63, 3.8) is 0 Å². The van der Waals surface area contributed by atoms with Crippen molar-refractivity contribution in [2.45, 2.75) is 12.5 Å². The maximum absolute atomic E-state index is 11.0. The quantitative estimate of drug-likeness (QED) is 0.642. The van der Waals surface area contributed by atoms with Crippen molar-refractivity contribution in [3.05, 3.63) is 35.9 Å². The summed E-state index contributed by atoms with van der Waals surface area (Å²) in [6.45, 7) is 0. The molecule has 1 aromatic carbocycles. The fourth-order valence-electron chi connectivity index (χ4n) is 1.41. The van der Waals surface area contributed by atoms with E-state index in [0.717, 1.165) is 5.56 Å². The Hall–Kier alpha value is -0.870. The molecule has 1 saturated heterocycles. The van der Waals surface area contributed by atoms with Gasteiger partial charge in [-0.05, 0) is 12.0 Å². The summed E-state index contributed by atoms with van der Waals surface area (Å²) in [5.74, 6) is 0.132. The average molecular weight is 198 g/mol. The van der Waals surface area contributed by atoms with Crippen LogP contribution in [-0.2, 0) is 14.3 Å². The summed E-state index contributed by atoms with van der Waals surface area (Å²) in [5, 5.41) is 0. The summed E-state index contributed by atoms with van der Waals surface area (Å²) in [4.78, 5) is 0. The Bertz CT molecular complexity index is 383. The molecule has 0 saturated carbocycles. The fraction of sp³-hybridized carbons (Fsp3) is 0.333. The van der Waals surface area contributed by atoms with Gasteiger partial charge in [0.25, 0.3) is 10.1 Å². The second-order valence-electron chi connectivity index (χ2n) is 3.05. The van der Waals surface area contributed by atoms with Gasteiger partial charge in [0.2, 0.25) is 0 Å². The van der Waals surface area contributed by atoms with Gasteiger partial charge in [-0.15, -0.1) is 0 Å². The van der Waals surface area contributed by atoms with E-state index in [9.17, 15) is 8.42 Å². The molecule has 0 spiro atoms. The monoisotopic (exact) mass is 198 g/mol. The van der Waals surface area contributed by atoms with Crippen molar-refractivity contribution in [1.82, 2.24) is 0 Å². The molecule has 0 aromatic heterocycles. The lowest BCUT2D eigenvalue weighted by molar-refractivity contribution is 0.242. The van der Waals surface area contributed by atoms with Gasteiger partial charge in [-0.1, -0.05) is 30.3 Å². The zero-order valence-corrected chi connectivity index (χ0v) is 7.83. The van der Waals surface area contributed by atoms with Gasteiger partial charge < -0.3 is 0 Å². The molecule has 1 atom stereocenters. The summed E-state index contributed by atoms with van der Waals surface area (Å²) in [6.07, 6.45) is 0.290. The molecule has 2 rings (SSSR count). The van der Waals surface area contributed by atoms with Crippen molar-refractivity contribution in [2.24, 2.45) is 0 Å². The Morgan fingerprint density at radius 3 is 2.46 bits per heavy atom. The fourth-order valence-corrected chi connectivity index (χ4v) is 2.57. The van der Waals surface area contributed by atoms with Crippen LogP contribution in [0.1, 0.15) is 18.1 Å². The Kier molecular flexibility index (Phi) is 2.09. The van der Waals surface area contributed by atoms with E-state index in [1.54, 1.807) is 0 Å². The third kappa shape index (κ3) is 1.89. The minimum atomic E-state index is -3.24. The number of hydrogen-bond donors (Lipinski definition) is 0. The molecule has 1 aliphatic heterocycles. The second kappa shape index (κ2) is 3.12. The molecule has 13 heavy (non-hydrogen) atoms. The first-order chi connectivity index (χ1) is 6.17. The van der Waals surface area contributed by atoms with Gasteiger partial charge in [0.05, 0.1) is 5.75 Å². The van der Waals surface area contributed by atoms with Crippen LogP contribution in [0.15, 0.2) is 30.3 Å². The molecule has 0 aliphatic carbocycles. The van der Waals surface area contributed by atoms with E-state index in [4.69, 9.17) is 4.18 Å². The molecule has 3 nitrogen and oxygen atoms in total.